The maximum atomic E-state index is 12.8. The molecule has 8 heteroatoms. The Bertz CT molecular complexity index is 619. The van der Waals surface area contributed by atoms with Gasteiger partial charge in [0.25, 0.3) is 0 Å². The van der Waals surface area contributed by atoms with Gasteiger partial charge in [-0.2, -0.15) is 18.3 Å². The molecule has 0 aromatic carbocycles. The highest BCUT2D eigenvalue weighted by atomic mass is 32.1. The van der Waals surface area contributed by atoms with Crippen molar-refractivity contribution in [1.29, 1.82) is 0 Å². The number of halogens is 3. The first-order chi connectivity index (χ1) is 9.77. The average Bonchev–Trinajstić information content (AvgIpc) is 2.98. The zero-order valence-electron chi connectivity index (χ0n) is 11.5. The van der Waals surface area contributed by atoms with Crippen LogP contribution in [-0.4, -0.2) is 27.6 Å². The molecule has 1 amide bonds. The van der Waals surface area contributed by atoms with Crippen LogP contribution in [0.5, 0.6) is 0 Å². The summed E-state index contributed by atoms with van der Waals surface area (Å²) in [5.74, 6) is -0.227. The standard InChI is InChI=1S/C13H14F3N3OS/c1-18(11(20)6-10-4-3-5-21-10)7-9-8-19(2)17-12(9)13(14,15)16/h3-5,8H,6-7H2,1-2H3. The van der Waals surface area contributed by atoms with Gasteiger partial charge in [-0.3, -0.25) is 9.48 Å². The van der Waals surface area contributed by atoms with Crippen LogP contribution in [0.15, 0.2) is 23.7 Å². The van der Waals surface area contributed by atoms with Gasteiger partial charge in [0.05, 0.1) is 6.42 Å². The van der Waals surface area contributed by atoms with Crippen LogP contribution in [0.2, 0.25) is 0 Å². The SMILES string of the molecule is CN(Cc1cn(C)nc1C(F)(F)F)C(=O)Cc1cccs1. The van der Waals surface area contributed by atoms with Crippen LogP contribution in [-0.2, 0) is 31.0 Å². The summed E-state index contributed by atoms with van der Waals surface area (Å²) in [4.78, 5) is 14.2. The second kappa shape index (κ2) is 5.88. The Labute approximate surface area is 123 Å². The molecule has 0 aliphatic heterocycles. The van der Waals surface area contributed by atoms with Gasteiger partial charge < -0.3 is 4.90 Å². The van der Waals surface area contributed by atoms with Gasteiger partial charge in [0.15, 0.2) is 5.69 Å². The van der Waals surface area contributed by atoms with Crippen molar-refractivity contribution in [3.05, 3.63) is 39.8 Å². The number of alkyl halides is 3. The Morgan fingerprint density at radius 1 is 1.48 bits per heavy atom. The van der Waals surface area contributed by atoms with E-state index in [0.717, 1.165) is 9.56 Å². The number of hydrogen-bond acceptors (Lipinski definition) is 3. The molecule has 114 valence electrons. The number of aromatic nitrogens is 2. The fraction of sp³-hybridized carbons (Fsp3) is 0.385. The largest absolute Gasteiger partial charge is 0.435 e. The second-order valence-corrected chi connectivity index (χ2v) is 5.71. The van der Waals surface area contributed by atoms with Crippen LogP contribution in [0.4, 0.5) is 13.2 Å². The first-order valence-corrected chi connectivity index (χ1v) is 7.01. The summed E-state index contributed by atoms with van der Waals surface area (Å²) in [5.41, 5.74) is -0.951. The fourth-order valence-electron chi connectivity index (χ4n) is 1.93. The molecule has 0 spiro atoms. The van der Waals surface area contributed by atoms with Crippen molar-refractivity contribution in [3.8, 4) is 0 Å². The third-order valence-corrected chi connectivity index (χ3v) is 3.79. The van der Waals surface area contributed by atoms with E-state index in [9.17, 15) is 18.0 Å². The predicted octanol–water partition coefficient (Wildman–Crippen LogP) is 2.70. The highest BCUT2D eigenvalue weighted by Crippen LogP contribution is 2.31. The van der Waals surface area contributed by atoms with Crippen LogP contribution >= 0.6 is 11.3 Å². The molecule has 0 bridgehead atoms. The van der Waals surface area contributed by atoms with E-state index in [1.807, 2.05) is 17.5 Å². The van der Waals surface area contributed by atoms with Crippen molar-refractivity contribution in [2.75, 3.05) is 7.05 Å². The topological polar surface area (TPSA) is 38.1 Å². The number of aryl methyl sites for hydroxylation is 1. The Kier molecular flexibility index (Phi) is 4.36. The lowest BCUT2D eigenvalue weighted by Gasteiger charge is -2.17. The molecule has 2 heterocycles. The average molecular weight is 317 g/mol. The predicted molar refractivity (Wildman–Crippen MR) is 72.7 cm³/mol. The summed E-state index contributed by atoms with van der Waals surface area (Å²) in [7, 11) is 2.91. The molecule has 4 nitrogen and oxygen atoms in total. The van der Waals surface area contributed by atoms with Crippen LogP contribution in [0.25, 0.3) is 0 Å². The number of thiophene rings is 1. The number of carbonyl (C=O) groups excluding carboxylic acids is 1. The molecule has 21 heavy (non-hydrogen) atoms. The van der Waals surface area contributed by atoms with Crippen LogP contribution < -0.4 is 0 Å². The first kappa shape index (κ1) is 15.6. The molecule has 0 unspecified atom stereocenters. The highest BCUT2D eigenvalue weighted by Gasteiger charge is 2.37. The van der Waals surface area contributed by atoms with Crippen molar-refractivity contribution < 1.29 is 18.0 Å². The van der Waals surface area contributed by atoms with Crippen LogP contribution in [0.1, 0.15) is 16.1 Å². The van der Waals surface area contributed by atoms with Crippen molar-refractivity contribution in [1.82, 2.24) is 14.7 Å². The Morgan fingerprint density at radius 3 is 2.76 bits per heavy atom. The van der Waals surface area contributed by atoms with Crippen LogP contribution in [0, 0.1) is 0 Å². The number of nitrogens with zero attached hydrogens (tertiary/aromatic N) is 3. The normalized spacial score (nSPS) is 11.7. The minimum Gasteiger partial charge on any atom is -0.341 e. The third kappa shape index (κ3) is 3.84. The van der Waals surface area contributed by atoms with E-state index < -0.39 is 11.9 Å². The zero-order valence-corrected chi connectivity index (χ0v) is 12.3. The van der Waals surface area contributed by atoms with Crippen molar-refractivity contribution >= 4 is 17.2 Å². The maximum absolute atomic E-state index is 12.8. The number of rotatable bonds is 4. The van der Waals surface area contributed by atoms with Gasteiger partial charge >= 0.3 is 6.18 Å². The molecule has 0 saturated carbocycles. The van der Waals surface area contributed by atoms with E-state index in [0.29, 0.717) is 0 Å². The van der Waals surface area contributed by atoms with E-state index in [1.54, 1.807) is 0 Å². The number of amides is 1. The fourth-order valence-corrected chi connectivity index (χ4v) is 2.63. The second-order valence-electron chi connectivity index (χ2n) is 4.68. The molecular formula is C13H14F3N3OS. The van der Waals surface area contributed by atoms with Crippen LogP contribution in [0.3, 0.4) is 0 Å². The lowest BCUT2D eigenvalue weighted by Crippen LogP contribution is -2.28. The molecule has 0 aliphatic rings. The quantitative estimate of drug-likeness (QED) is 0.869. The smallest absolute Gasteiger partial charge is 0.341 e. The maximum Gasteiger partial charge on any atom is 0.435 e. The van der Waals surface area contributed by atoms with E-state index in [4.69, 9.17) is 0 Å². The third-order valence-electron chi connectivity index (χ3n) is 2.91. The molecule has 2 aromatic heterocycles. The van der Waals surface area contributed by atoms with E-state index in [1.165, 1.54) is 36.5 Å². The molecule has 2 rings (SSSR count). The molecular weight excluding hydrogens is 303 g/mol. The van der Waals surface area contributed by atoms with Gasteiger partial charge in [0, 0.05) is 37.3 Å². The number of likely N-dealkylation sites (N-methyl/N-ethyl adjacent to an activating group) is 1. The van der Waals surface area contributed by atoms with E-state index >= 15 is 0 Å². The minimum atomic E-state index is -4.52. The van der Waals surface area contributed by atoms with Crippen molar-refractivity contribution in [2.45, 2.75) is 19.1 Å². The lowest BCUT2D eigenvalue weighted by molar-refractivity contribution is -0.143. The van der Waals surface area contributed by atoms with E-state index in [2.05, 4.69) is 5.10 Å². The molecule has 0 atom stereocenters. The molecule has 0 fully saturated rings. The zero-order chi connectivity index (χ0) is 15.6. The summed E-state index contributed by atoms with van der Waals surface area (Å²) in [6.45, 7) is -0.118. The van der Waals surface area contributed by atoms with Gasteiger partial charge in [0.2, 0.25) is 5.91 Å². The molecule has 0 radical (unpaired) electrons. The van der Waals surface area contributed by atoms with Crippen molar-refractivity contribution in [2.24, 2.45) is 7.05 Å². The molecule has 2 aromatic rings. The summed E-state index contributed by atoms with van der Waals surface area (Å²) >= 11 is 1.44. The minimum absolute atomic E-state index is 0.00738. The monoisotopic (exact) mass is 317 g/mol. The van der Waals surface area contributed by atoms with Gasteiger partial charge in [0.1, 0.15) is 0 Å². The lowest BCUT2D eigenvalue weighted by atomic mass is 10.2. The van der Waals surface area contributed by atoms with E-state index in [-0.39, 0.29) is 24.4 Å². The van der Waals surface area contributed by atoms with Gasteiger partial charge in [-0.25, -0.2) is 0 Å². The molecule has 0 N–H and O–H groups in total. The highest BCUT2D eigenvalue weighted by molar-refractivity contribution is 7.10. The molecule has 0 saturated heterocycles. The number of carbonyl (C=O) groups is 1. The van der Waals surface area contributed by atoms with Gasteiger partial charge in [-0.15, -0.1) is 11.3 Å². The van der Waals surface area contributed by atoms with Gasteiger partial charge in [-0.05, 0) is 11.4 Å². The Balaban J connectivity index is 2.09. The Morgan fingerprint density at radius 2 is 2.19 bits per heavy atom. The Hall–Kier alpha value is -1.83. The summed E-state index contributed by atoms with van der Waals surface area (Å²) in [5, 5.41) is 5.28. The first-order valence-electron chi connectivity index (χ1n) is 6.13. The summed E-state index contributed by atoms with van der Waals surface area (Å²) in [6, 6.07) is 3.65. The van der Waals surface area contributed by atoms with Gasteiger partial charge in [-0.1, -0.05) is 6.07 Å². The number of hydrogen-bond donors (Lipinski definition) is 0. The summed E-state index contributed by atoms with van der Waals surface area (Å²) in [6.07, 6.45) is -3.04. The van der Waals surface area contributed by atoms with Crippen molar-refractivity contribution in [3.63, 3.8) is 0 Å². The molecule has 0 aliphatic carbocycles. The summed E-state index contributed by atoms with van der Waals surface area (Å²) < 4.78 is 39.6.